The molecule has 0 radical (unpaired) electrons. The van der Waals surface area contributed by atoms with E-state index in [4.69, 9.17) is 5.11 Å². The van der Waals surface area contributed by atoms with Gasteiger partial charge in [-0.25, -0.2) is 0 Å². The lowest BCUT2D eigenvalue weighted by Gasteiger charge is -2.18. The van der Waals surface area contributed by atoms with Gasteiger partial charge in [0, 0.05) is 17.8 Å². The van der Waals surface area contributed by atoms with E-state index in [-0.39, 0.29) is 18.2 Å². The lowest BCUT2D eigenvalue weighted by Crippen LogP contribution is -2.29. The van der Waals surface area contributed by atoms with E-state index < -0.39 is 11.4 Å². The molecule has 3 N–H and O–H groups in total. The Balaban J connectivity index is 2.04. The second kappa shape index (κ2) is 4.96. The lowest BCUT2D eigenvalue weighted by molar-refractivity contribution is -0.149. The van der Waals surface area contributed by atoms with Gasteiger partial charge in [0.15, 0.2) is 0 Å². The van der Waals surface area contributed by atoms with Crippen LogP contribution in [0.3, 0.4) is 0 Å². The SMILES string of the molecule is CC(C)(CC(=O)Nc1ccc2c(c1)CC(=O)N2)C(=O)O. The third-order valence-electron chi connectivity index (χ3n) is 3.20. The summed E-state index contributed by atoms with van der Waals surface area (Å²) in [4.78, 5) is 34.0. The zero-order chi connectivity index (χ0) is 14.9. The van der Waals surface area contributed by atoms with Gasteiger partial charge in [-0.2, -0.15) is 0 Å². The first kappa shape index (κ1) is 14.0. The summed E-state index contributed by atoms with van der Waals surface area (Å²) in [6.45, 7) is 3.00. The molecule has 0 aliphatic carbocycles. The first-order valence-electron chi connectivity index (χ1n) is 6.24. The quantitative estimate of drug-likeness (QED) is 0.778. The van der Waals surface area contributed by atoms with Gasteiger partial charge in [0.25, 0.3) is 0 Å². The van der Waals surface area contributed by atoms with Crippen molar-refractivity contribution < 1.29 is 19.5 Å². The number of anilines is 2. The van der Waals surface area contributed by atoms with Crippen molar-refractivity contribution in [1.82, 2.24) is 0 Å². The van der Waals surface area contributed by atoms with Gasteiger partial charge in [-0.3, -0.25) is 14.4 Å². The average Bonchev–Trinajstić information content (AvgIpc) is 2.67. The van der Waals surface area contributed by atoms with Crippen LogP contribution in [0.2, 0.25) is 0 Å². The zero-order valence-electron chi connectivity index (χ0n) is 11.3. The maximum Gasteiger partial charge on any atom is 0.309 e. The zero-order valence-corrected chi connectivity index (χ0v) is 11.3. The summed E-state index contributed by atoms with van der Waals surface area (Å²) in [5.74, 6) is -1.46. The number of carbonyl (C=O) groups excluding carboxylic acids is 2. The Morgan fingerprint density at radius 3 is 2.75 bits per heavy atom. The fourth-order valence-corrected chi connectivity index (χ4v) is 1.99. The van der Waals surface area contributed by atoms with Crippen LogP contribution in [0.15, 0.2) is 18.2 Å². The van der Waals surface area contributed by atoms with Crippen LogP contribution in [-0.4, -0.2) is 22.9 Å². The number of carbonyl (C=O) groups is 3. The van der Waals surface area contributed by atoms with Gasteiger partial charge in [0.1, 0.15) is 0 Å². The first-order valence-corrected chi connectivity index (χ1v) is 6.24. The maximum atomic E-state index is 11.8. The van der Waals surface area contributed by atoms with Crippen LogP contribution in [0.1, 0.15) is 25.8 Å². The molecule has 0 spiro atoms. The van der Waals surface area contributed by atoms with Crippen molar-refractivity contribution >= 4 is 29.2 Å². The topological polar surface area (TPSA) is 95.5 Å². The summed E-state index contributed by atoms with van der Waals surface area (Å²) in [6, 6.07) is 5.12. The van der Waals surface area contributed by atoms with Crippen LogP contribution in [0.5, 0.6) is 0 Å². The van der Waals surface area contributed by atoms with Crippen molar-refractivity contribution in [3.63, 3.8) is 0 Å². The number of carboxylic acids is 1. The number of hydrogen-bond donors (Lipinski definition) is 3. The molecular weight excluding hydrogens is 260 g/mol. The minimum atomic E-state index is -1.11. The van der Waals surface area contributed by atoms with Crippen LogP contribution >= 0.6 is 0 Å². The molecule has 0 bridgehead atoms. The van der Waals surface area contributed by atoms with E-state index in [0.29, 0.717) is 12.1 Å². The minimum absolute atomic E-state index is 0.0736. The molecule has 1 aromatic carbocycles. The Hall–Kier alpha value is -2.37. The predicted octanol–water partition coefficient (Wildman–Crippen LogP) is 1.62. The highest BCUT2D eigenvalue weighted by atomic mass is 16.4. The molecule has 0 saturated heterocycles. The van der Waals surface area contributed by atoms with Gasteiger partial charge in [0.2, 0.25) is 11.8 Å². The first-order chi connectivity index (χ1) is 9.28. The molecule has 6 nitrogen and oxygen atoms in total. The molecular formula is C14H16N2O4. The largest absolute Gasteiger partial charge is 0.481 e. The highest BCUT2D eigenvalue weighted by Crippen LogP contribution is 2.27. The maximum absolute atomic E-state index is 11.8. The molecule has 0 fully saturated rings. The molecule has 1 heterocycles. The number of aliphatic carboxylic acids is 1. The summed E-state index contributed by atoms with van der Waals surface area (Å²) in [7, 11) is 0. The van der Waals surface area contributed by atoms with Gasteiger partial charge in [-0.1, -0.05) is 0 Å². The van der Waals surface area contributed by atoms with Gasteiger partial charge >= 0.3 is 5.97 Å². The van der Waals surface area contributed by atoms with Crippen molar-refractivity contribution in [1.29, 1.82) is 0 Å². The Kier molecular flexibility index (Phi) is 3.48. The van der Waals surface area contributed by atoms with Crippen LogP contribution < -0.4 is 10.6 Å². The Bertz CT molecular complexity index is 593. The normalized spacial score (nSPS) is 13.6. The Morgan fingerprint density at radius 1 is 1.40 bits per heavy atom. The number of nitrogens with one attached hydrogen (secondary N) is 2. The smallest absolute Gasteiger partial charge is 0.309 e. The van der Waals surface area contributed by atoms with E-state index in [9.17, 15) is 14.4 Å². The third kappa shape index (κ3) is 2.96. The number of fused-ring (bicyclic) bond motifs is 1. The highest BCUT2D eigenvalue weighted by molar-refractivity contribution is 6.00. The van der Waals surface area contributed by atoms with Crippen LogP contribution in [-0.2, 0) is 20.8 Å². The van der Waals surface area contributed by atoms with Crippen molar-refractivity contribution in [3.8, 4) is 0 Å². The fourth-order valence-electron chi connectivity index (χ4n) is 1.99. The summed E-state index contributed by atoms with van der Waals surface area (Å²) in [6.07, 6.45) is 0.177. The van der Waals surface area contributed by atoms with E-state index in [1.54, 1.807) is 18.2 Å². The number of benzene rings is 1. The molecule has 2 amide bonds. The number of amides is 2. The standard InChI is InChI=1S/C14H16N2O4/c1-14(2,13(19)20)7-12(18)15-9-3-4-10-8(5-9)6-11(17)16-10/h3-5H,6-7H2,1-2H3,(H,15,18)(H,16,17)(H,19,20). The van der Waals surface area contributed by atoms with Crippen molar-refractivity contribution in [2.24, 2.45) is 5.41 Å². The monoisotopic (exact) mass is 276 g/mol. The van der Waals surface area contributed by atoms with E-state index in [0.717, 1.165) is 11.3 Å². The van der Waals surface area contributed by atoms with Gasteiger partial charge in [-0.05, 0) is 37.6 Å². The summed E-state index contributed by atoms with van der Waals surface area (Å²) >= 11 is 0. The van der Waals surface area contributed by atoms with E-state index in [1.165, 1.54) is 13.8 Å². The molecule has 2 rings (SSSR count). The molecule has 1 aliphatic heterocycles. The van der Waals surface area contributed by atoms with Gasteiger partial charge < -0.3 is 15.7 Å². The Morgan fingerprint density at radius 2 is 2.10 bits per heavy atom. The molecule has 0 saturated carbocycles. The summed E-state index contributed by atoms with van der Waals surface area (Å²) in [5, 5.41) is 14.3. The van der Waals surface area contributed by atoms with E-state index in [1.807, 2.05) is 0 Å². The number of rotatable bonds is 4. The molecule has 20 heavy (non-hydrogen) atoms. The molecule has 1 aromatic rings. The molecule has 0 aromatic heterocycles. The summed E-state index contributed by atoms with van der Waals surface area (Å²) < 4.78 is 0. The molecule has 106 valence electrons. The number of hydrogen-bond acceptors (Lipinski definition) is 3. The van der Waals surface area contributed by atoms with Crippen molar-refractivity contribution in [2.45, 2.75) is 26.7 Å². The average molecular weight is 276 g/mol. The van der Waals surface area contributed by atoms with E-state index >= 15 is 0 Å². The molecule has 0 unspecified atom stereocenters. The van der Waals surface area contributed by atoms with Gasteiger partial charge in [-0.15, -0.1) is 0 Å². The molecule has 0 atom stereocenters. The van der Waals surface area contributed by atoms with Crippen molar-refractivity contribution in [2.75, 3.05) is 10.6 Å². The second-order valence-corrected chi connectivity index (χ2v) is 5.51. The van der Waals surface area contributed by atoms with Crippen LogP contribution in [0.25, 0.3) is 0 Å². The lowest BCUT2D eigenvalue weighted by atomic mass is 9.89. The van der Waals surface area contributed by atoms with E-state index in [2.05, 4.69) is 10.6 Å². The minimum Gasteiger partial charge on any atom is -0.481 e. The third-order valence-corrected chi connectivity index (χ3v) is 3.20. The number of carboxylic acid groups (broad SMARTS) is 1. The highest BCUT2D eigenvalue weighted by Gasteiger charge is 2.30. The van der Waals surface area contributed by atoms with Crippen LogP contribution in [0, 0.1) is 5.41 Å². The molecule has 1 aliphatic rings. The van der Waals surface area contributed by atoms with Gasteiger partial charge in [0.05, 0.1) is 11.8 Å². The fraction of sp³-hybridized carbons (Fsp3) is 0.357. The van der Waals surface area contributed by atoms with Crippen molar-refractivity contribution in [3.05, 3.63) is 23.8 Å². The van der Waals surface area contributed by atoms with Crippen LogP contribution in [0.4, 0.5) is 11.4 Å². The summed E-state index contributed by atoms with van der Waals surface area (Å²) in [5.41, 5.74) is 1.02. The molecule has 6 heteroatoms. The second-order valence-electron chi connectivity index (χ2n) is 5.51. The Labute approximate surface area is 116 Å². The predicted molar refractivity (Wildman–Crippen MR) is 73.4 cm³/mol.